The van der Waals surface area contributed by atoms with Crippen molar-refractivity contribution in [3.8, 4) is 0 Å². The number of hydrogen-bond donors (Lipinski definition) is 6. The number of carboxylic acids is 4. The summed E-state index contributed by atoms with van der Waals surface area (Å²) in [6.07, 6.45) is 11.1. The highest BCUT2D eigenvalue weighted by atomic mass is 16.7. The molecule has 0 unspecified atom stereocenters. The second-order valence-corrected chi connectivity index (χ2v) is 10.4. The van der Waals surface area contributed by atoms with Gasteiger partial charge in [0.1, 0.15) is 0 Å². The number of carbonyl (C=O) groups excluding carboxylic acids is 3. The standard InChI is InChI=1S/C20H31NO9.C15H21NO9/c1-17(6-7-18(22)23)5-2-3-11-27-13-15-29-16-14-28-12-4-10-21-30-20(26)9-8-19(24)25;17-12(3-4-13(18)19)2-1-8-23-10-11-24-9-7-16-25-15(22)6-5-14(20)21/h6-9,21H,1-5,10-16H2,(H,22,23)(H,24,25);3-6,16H,1-2,7-11H2,(H,18,19)(H,20,21)/b7-6-,9-8-;4-3-,6-5-. The van der Waals surface area contributed by atoms with Crippen LogP contribution in [-0.2, 0) is 66.9 Å². The Hall–Kier alpha value is -5.09. The molecule has 0 fully saturated rings. The number of unbranched alkanes of at least 4 members (excludes halogenated alkanes) is 1. The first kappa shape index (κ1) is 52.0. The average Bonchev–Trinajstić information content (AvgIpc) is 3.13. The number of carbonyl (C=O) groups is 7. The Morgan fingerprint density at radius 2 is 0.818 bits per heavy atom. The Bertz CT molecular complexity index is 1170. The van der Waals surface area contributed by atoms with Crippen molar-refractivity contribution in [1.29, 1.82) is 0 Å². The maximum Gasteiger partial charge on any atom is 0.349 e. The van der Waals surface area contributed by atoms with Crippen molar-refractivity contribution in [3.63, 3.8) is 0 Å². The van der Waals surface area contributed by atoms with E-state index in [0.29, 0.717) is 91.0 Å². The SMILES string of the molecule is C=C(/C=C\C(=O)O)CCCCOCCOCCOCCCNOC(=O)/C=C\C(=O)O.O=C(O)/C=C\C(=O)CCCOCCOCCNOC(=O)/C=C\C(=O)O. The molecule has 20 heteroatoms. The van der Waals surface area contributed by atoms with E-state index in [2.05, 4.69) is 27.2 Å². The number of hydrogen-bond acceptors (Lipinski definition) is 16. The molecule has 0 heterocycles. The number of ether oxygens (including phenoxy) is 5. The highest BCUT2D eigenvalue weighted by molar-refractivity contribution is 5.95. The van der Waals surface area contributed by atoms with Gasteiger partial charge in [0.05, 0.1) is 52.8 Å². The Labute approximate surface area is 318 Å². The van der Waals surface area contributed by atoms with Crippen molar-refractivity contribution in [2.24, 2.45) is 0 Å². The predicted octanol–water partition coefficient (Wildman–Crippen LogP) is 1.18. The van der Waals surface area contributed by atoms with E-state index >= 15 is 0 Å². The number of carboxylic acid groups (broad SMARTS) is 4. The van der Waals surface area contributed by atoms with Gasteiger partial charge in [0.15, 0.2) is 5.78 Å². The summed E-state index contributed by atoms with van der Waals surface area (Å²) in [4.78, 5) is 83.2. The van der Waals surface area contributed by atoms with Gasteiger partial charge in [-0.05, 0) is 38.2 Å². The van der Waals surface area contributed by atoms with Gasteiger partial charge in [-0.25, -0.2) is 28.8 Å². The molecule has 310 valence electrons. The summed E-state index contributed by atoms with van der Waals surface area (Å²) in [7, 11) is 0. The molecule has 20 nitrogen and oxygen atoms in total. The molecule has 0 atom stereocenters. The molecule has 0 saturated carbocycles. The molecule has 0 aromatic heterocycles. The van der Waals surface area contributed by atoms with Gasteiger partial charge in [-0.3, -0.25) is 4.79 Å². The maximum absolute atomic E-state index is 11.2. The lowest BCUT2D eigenvalue weighted by Gasteiger charge is -2.07. The maximum atomic E-state index is 11.2. The topological polar surface area (TPSA) is 289 Å². The van der Waals surface area contributed by atoms with Crippen LogP contribution >= 0.6 is 0 Å². The van der Waals surface area contributed by atoms with E-state index in [-0.39, 0.29) is 25.4 Å². The minimum absolute atomic E-state index is 0.205. The third-order valence-electron chi connectivity index (χ3n) is 5.72. The van der Waals surface area contributed by atoms with Crippen molar-refractivity contribution in [2.75, 3.05) is 79.2 Å². The molecule has 0 aromatic carbocycles. The van der Waals surface area contributed by atoms with Gasteiger partial charge in [-0.1, -0.05) is 18.2 Å². The van der Waals surface area contributed by atoms with E-state index in [0.717, 1.165) is 55.2 Å². The third-order valence-corrected chi connectivity index (χ3v) is 5.72. The molecule has 0 saturated heterocycles. The summed E-state index contributed by atoms with van der Waals surface area (Å²) in [6, 6.07) is 0. The van der Waals surface area contributed by atoms with E-state index in [1.807, 2.05) is 0 Å². The number of hydroxylamine groups is 2. The predicted molar refractivity (Wildman–Crippen MR) is 191 cm³/mol. The lowest BCUT2D eigenvalue weighted by molar-refractivity contribution is -0.146. The summed E-state index contributed by atoms with van der Waals surface area (Å²) in [5.41, 5.74) is 5.50. The molecule has 0 aromatic rings. The van der Waals surface area contributed by atoms with Crippen molar-refractivity contribution < 1.29 is 87.3 Å². The first-order valence-corrected chi connectivity index (χ1v) is 16.9. The number of ketones is 1. The molecule has 0 bridgehead atoms. The number of nitrogens with one attached hydrogen (secondary N) is 2. The van der Waals surface area contributed by atoms with Crippen LogP contribution in [0.3, 0.4) is 0 Å². The van der Waals surface area contributed by atoms with Crippen LogP contribution in [0.1, 0.15) is 38.5 Å². The van der Waals surface area contributed by atoms with Crippen LogP contribution in [0.25, 0.3) is 0 Å². The van der Waals surface area contributed by atoms with Gasteiger partial charge >= 0.3 is 35.8 Å². The second kappa shape index (κ2) is 38.6. The summed E-state index contributed by atoms with van der Waals surface area (Å²) in [5.74, 6) is -6.51. The van der Waals surface area contributed by atoms with E-state index in [1.165, 1.54) is 6.08 Å². The van der Waals surface area contributed by atoms with E-state index in [1.54, 1.807) is 0 Å². The summed E-state index contributed by atoms with van der Waals surface area (Å²) in [5, 5.41) is 33.5. The highest BCUT2D eigenvalue weighted by Gasteiger charge is 2.01. The Balaban J connectivity index is 0. The molecule has 55 heavy (non-hydrogen) atoms. The van der Waals surface area contributed by atoms with Gasteiger partial charge in [0.25, 0.3) is 0 Å². The van der Waals surface area contributed by atoms with Crippen LogP contribution in [0.2, 0.25) is 0 Å². The molecule has 6 N–H and O–H groups in total. The zero-order valence-corrected chi connectivity index (χ0v) is 30.6. The summed E-state index contributed by atoms with van der Waals surface area (Å²) >= 11 is 0. The smallest absolute Gasteiger partial charge is 0.349 e. The quantitative estimate of drug-likeness (QED) is 0.0227. The fourth-order valence-corrected chi connectivity index (χ4v) is 3.24. The number of rotatable bonds is 35. The van der Waals surface area contributed by atoms with Crippen LogP contribution < -0.4 is 11.0 Å². The van der Waals surface area contributed by atoms with Crippen molar-refractivity contribution in [3.05, 3.63) is 60.8 Å². The van der Waals surface area contributed by atoms with Crippen LogP contribution in [-0.4, -0.2) is 141 Å². The van der Waals surface area contributed by atoms with E-state index < -0.39 is 35.8 Å². The van der Waals surface area contributed by atoms with Crippen LogP contribution in [0.15, 0.2) is 60.8 Å². The van der Waals surface area contributed by atoms with E-state index in [9.17, 15) is 33.6 Å². The van der Waals surface area contributed by atoms with Gasteiger partial charge < -0.3 is 53.8 Å². The lowest BCUT2D eigenvalue weighted by atomic mass is 10.1. The number of aliphatic carboxylic acids is 4. The Morgan fingerprint density at radius 1 is 0.418 bits per heavy atom. The zero-order chi connectivity index (χ0) is 41.4. The molecular weight excluding hydrogens is 736 g/mol. The fourth-order valence-electron chi connectivity index (χ4n) is 3.24. The fraction of sp³-hybridized carbons (Fsp3) is 0.514. The minimum atomic E-state index is -1.25. The molecule has 0 aliphatic rings. The normalized spacial score (nSPS) is 11.1. The van der Waals surface area contributed by atoms with Crippen molar-refractivity contribution in [1.82, 2.24) is 11.0 Å². The minimum Gasteiger partial charge on any atom is -0.478 e. The molecule has 0 spiro atoms. The molecule has 0 aliphatic heterocycles. The zero-order valence-electron chi connectivity index (χ0n) is 30.6. The first-order valence-electron chi connectivity index (χ1n) is 16.9. The lowest BCUT2D eigenvalue weighted by Crippen LogP contribution is -2.23. The van der Waals surface area contributed by atoms with Gasteiger partial charge in [0.2, 0.25) is 0 Å². The van der Waals surface area contributed by atoms with Crippen molar-refractivity contribution >= 4 is 41.6 Å². The molecule has 0 radical (unpaired) electrons. The number of allylic oxidation sites excluding steroid dienone is 3. The molecule has 0 rings (SSSR count). The third kappa shape index (κ3) is 46.9. The first-order chi connectivity index (χ1) is 26.3. The van der Waals surface area contributed by atoms with Crippen LogP contribution in [0.4, 0.5) is 0 Å². The highest BCUT2D eigenvalue weighted by Crippen LogP contribution is 2.06. The Morgan fingerprint density at radius 3 is 1.33 bits per heavy atom. The molecular formula is C35H52N2O18. The monoisotopic (exact) mass is 788 g/mol. The van der Waals surface area contributed by atoms with Crippen LogP contribution in [0.5, 0.6) is 0 Å². The molecule has 0 amide bonds. The van der Waals surface area contributed by atoms with Gasteiger partial charge in [-0.2, -0.15) is 11.0 Å². The van der Waals surface area contributed by atoms with Gasteiger partial charge in [0, 0.05) is 69.2 Å². The summed E-state index contributed by atoms with van der Waals surface area (Å²) in [6.45, 7) is 8.52. The second-order valence-electron chi connectivity index (χ2n) is 10.4. The Kier molecular flexibility index (Phi) is 36.5. The van der Waals surface area contributed by atoms with Crippen molar-refractivity contribution in [2.45, 2.75) is 38.5 Å². The summed E-state index contributed by atoms with van der Waals surface area (Å²) < 4.78 is 26.5. The molecule has 0 aliphatic carbocycles. The largest absolute Gasteiger partial charge is 0.478 e. The van der Waals surface area contributed by atoms with E-state index in [4.69, 9.17) is 44.1 Å². The van der Waals surface area contributed by atoms with Gasteiger partial charge in [-0.15, -0.1) is 0 Å². The average molecular weight is 789 g/mol. The van der Waals surface area contributed by atoms with Crippen LogP contribution in [0, 0.1) is 0 Å².